The zero-order valence-corrected chi connectivity index (χ0v) is 12.4. The normalized spacial score (nSPS) is 10.6. The van der Waals surface area contributed by atoms with E-state index in [2.05, 4.69) is 20.5 Å². The molecule has 0 unspecified atom stereocenters. The smallest absolute Gasteiger partial charge is 0.247 e. The van der Waals surface area contributed by atoms with E-state index in [1.807, 2.05) is 0 Å². The highest BCUT2D eigenvalue weighted by Crippen LogP contribution is 2.16. The Morgan fingerprint density at radius 3 is 2.67 bits per heavy atom. The van der Waals surface area contributed by atoms with Gasteiger partial charge in [0.25, 0.3) is 0 Å². The molecule has 0 atom stereocenters. The second-order valence-corrected chi connectivity index (χ2v) is 4.93. The molecule has 0 aliphatic heterocycles. The van der Waals surface area contributed by atoms with Crippen LogP contribution in [-0.2, 0) is 17.8 Å². The van der Waals surface area contributed by atoms with Crippen LogP contribution in [0.25, 0.3) is 11.5 Å². The van der Waals surface area contributed by atoms with Crippen LogP contribution in [0.15, 0.2) is 47.1 Å². The summed E-state index contributed by atoms with van der Waals surface area (Å²) in [5.74, 6) is -1.38. The molecule has 122 valence electrons. The van der Waals surface area contributed by atoms with Crippen LogP contribution in [0.1, 0.15) is 11.5 Å². The maximum Gasteiger partial charge on any atom is 0.247 e. The Morgan fingerprint density at radius 1 is 1.12 bits per heavy atom. The topological polar surface area (TPSA) is 80.9 Å². The molecule has 1 aromatic carbocycles. The van der Waals surface area contributed by atoms with Crippen molar-refractivity contribution < 1.29 is 18.0 Å². The third-order valence-electron chi connectivity index (χ3n) is 3.20. The Bertz CT molecular complexity index is 852. The maximum atomic E-state index is 13.5. The fourth-order valence-electron chi connectivity index (χ4n) is 1.99. The number of benzene rings is 1. The van der Waals surface area contributed by atoms with E-state index in [1.54, 1.807) is 24.5 Å². The lowest BCUT2D eigenvalue weighted by molar-refractivity contribution is -0.120. The van der Waals surface area contributed by atoms with Gasteiger partial charge in [0.1, 0.15) is 18.1 Å². The highest BCUT2D eigenvalue weighted by atomic mass is 19.1. The number of pyridine rings is 1. The largest absolute Gasteiger partial charge is 0.420 e. The molecule has 0 saturated heterocycles. The predicted molar refractivity (Wildman–Crippen MR) is 79.4 cm³/mol. The molecule has 6 nitrogen and oxygen atoms in total. The summed E-state index contributed by atoms with van der Waals surface area (Å²) in [6.45, 7) is -0.0592. The van der Waals surface area contributed by atoms with Gasteiger partial charge >= 0.3 is 0 Å². The molecule has 3 rings (SSSR count). The highest BCUT2D eigenvalue weighted by molar-refractivity contribution is 5.77. The van der Waals surface area contributed by atoms with E-state index in [0.717, 1.165) is 12.1 Å². The van der Waals surface area contributed by atoms with Crippen molar-refractivity contribution in [3.8, 4) is 11.5 Å². The van der Waals surface area contributed by atoms with Gasteiger partial charge in [0.15, 0.2) is 0 Å². The van der Waals surface area contributed by atoms with Gasteiger partial charge in [0.2, 0.25) is 17.7 Å². The lowest BCUT2D eigenvalue weighted by Gasteiger charge is -2.05. The second-order valence-electron chi connectivity index (χ2n) is 4.93. The van der Waals surface area contributed by atoms with E-state index in [4.69, 9.17) is 4.42 Å². The number of hydrogen-bond acceptors (Lipinski definition) is 5. The Kier molecular flexibility index (Phi) is 4.55. The van der Waals surface area contributed by atoms with Crippen molar-refractivity contribution in [3.63, 3.8) is 0 Å². The minimum absolute atomic E-state index is 0.0592. The minimum Gasteiger partial charge on any atom is -0.420 e. The van der Waals surface area contributed by atoms with Gasteiger partial charge in [-0.3, -0.25) is 9.78 Å². The number of aromatic nitrogens is 3. The first-order valence-corrected chi connectivity index (χ1v) is 7.05. The van der Waals surface area contributed by atoms with Crippen LogP contribution in [-0.4, -0.2) is 21.1 Å². The van der Waals surface area contributed by atoms with E-state index in [9.17, 15) is 13.6 Å². The molecule has 2 heterocycles. The summed E-state index contributed by atoms with van der Waals surface area (Å²) in [6.07, 6.45) is 3.03. The van der Waals surface area contributed by atoms with Gasteiger partial charge in [-0.1, -0.05) is 6.07 Å². The quantitative estimate of drug-likeness (QED) is 0.776. The molecule has 0 bridgehead atoms. The van der Waals surface area contributed by atoms with Crippen molar-refractivity contribution in [2.45, 2.75) is 13.0 Å². The third kappa shape index (κ3) is 3.78. The van der Waals surface area contributed by atoms with Crippen molar-refractivity contribution >= 4 is 5.91 Å². The number of hydrogen-bond donors (Lipinski definition) is 1. The van der Waals surface area contributed by atoms with Crippen molar-refractivity contribution in [2.24, 2.45) is 0 Å². The number of nitrogens with zero attached hydrogens (tertiary/aromatic N) is 3. The first-order valence-electron chi connectivity index (χ1n) is 7.05. The van der Waals surface area contributed by atoms with Crippen molar-refractivity contribution in [1.82, 2.24) is 20.5 Å². The van der Waals surface area contributed by atoms with Crippen molar-refractivity contribution in [1.29, 1.82) is 0 Å². The van der Waals surface area contributed by atoms with Gasteiger partial charge in [-0.05, 0) is 18.2 Å². The highest BCUT2D eigenvalue weighted by Gasteiger charge is 2.13. The van der Waals surface area contributed by atoms with Crippen LogP contribution in [0.3, 0.4) is 0 Å². The van der Waals surface area contributed by atoms with Gasteiger partial charge in [-0.25, -0.2) is 8.78 Å². The minimum atomic E-state index is -0.715. The molecule has 0 fully saturated rings. The summed E-state index contributed by atoms with van der Waals surface area (Å²) >= 11 is 0. The summed E-state index contributed by atoms with van der Waals surface area (Å²) in [7, 11) is 0. The molecule has 0 spiro atoms. The molecule has 0 aliphatic rings. The molecule has 1 N–H and O–H groups in total. The first kappa shape index (κ1) is 15.7. The molecule has 24 heavy (non-hydrogen) atoms. The van der Waals surface area contributed by atoms with Gasteiger partial charge in [-0.15, -0.1) is 10.2 Å². The lowest BCUT2D eigenvalue weighted by Crippen LogP contribution is -2.25. The molecule has 3 aromatic rings. The van der Waals surface area contributed by atoms with Crippen molar-refractivity contribution in [2.75, 3.05) is 0 Å². The predicted octanol–water partition coefficient (Wildman–Crippen LogP) is 2.27. The monoisotopic (exact) mass is 330 g/mol. The van der Waals surface area contributed by atoms with E-state index in [1.165, 1.54) is 6.07 Å². The SMILES string of the molecule is O=C(Cc1nnc(-c2ccncc2)o1)NCc1ccc(F)cc1F. The molecule has 8 heteroatoms. The molecule has 0 radical (unpaired) electrons. The first-order chi connectivity index (χ1) is 11.6. The number of amides is 1. The fraction of sp³-hybridized carbons (Fsp3) is 0.125. The van der Waals surface area contributed by atoms with Crippen molar-refractivity contribution in [3.05, 3.63) is 65.8 Å². The molecule has 0 aliphatic carbocycles. The van der Waals surface area contributed by atoms with Crippen LogP contribution in [0.4, 0.5) is 8.78 Å². The zero-order chi connectivity index (χ0) is 16.9. The van der Waals surface area contributed by atoms with Gasteiger partial charge in [-0.2, -0.15) is 0 Å². The van der Waals surface area contributed by atoms with Crippen LogP contribution in [0, 0.1) is 11.6 Å². The molecular formula is C16H12F2N4O2. The van der Waals surface area contributed by atoms with Crippen LogP contribution < -0.4 is 5.32 Å². The Labute approximate surface area is 135 Å². The standard InChI is InChI=1S/C16H12F2N4O2/c17-12-2-1-11(13(18)7-12)9-20-14(23)8-15-21-22-16(24-15)10-3-5-19-6-4-10/h1-7H,8-9H2,(H,20,23). The lowest BCUT2D eigenvalue weighted by atomic mass is 10.2. The summed E-state index contributed by atoms with van der Waals surface area (Å²) in [5.41, 5.74) is 0.880. The van der Waals surface area contributed by atoms with Gasteiger partial charge < -0.3 is 9.73 Å². The summed E-state index contributed by atoms with van der Waals surface area (Å²) in [6, 6.07) is 6.58. The molecule has 0 saturated carbocycles. The Hall–Kier alpha value is -3.16. The Balaban J connectivity index is 1.58. The molecular weight excluding hydrogens is 318 g/mol. The maximum absolute atomic E-state index is 13.5. The number of halogens is 2. The average molecular weight is 330 g/mol. The molecule has 2 aromatic heterocycles. The van der Waals surface area contributed by atoms with Gasteiger partial charge in [0.05, 0.1) is 0 Å². The van der Waals surface area contributed by atoms with Gasteiger partial charge in [0, 0.05) is 36.1 Å². The number of nitrogens with one attached hydrogen (secondary N) is 1. The number of carbonyl (C=O) groups excluding carboxylic acids is 1. The number of rotatable bonds is 5. The van der Waals surface area contributed by atoms with E-state index in [0.29, 0.717) is 5.56 Å². The second kappa shape index (κ2) is 6.95. The zero-order valence-electron chi connectivity index (χ0n) is 12.4. The van der Waals surface area contributed by atoms with E-state index < -0.39 is 17.5 Å². The summed E-state index contributed by atoms with van der Waals surface area (Å²) in [4.78, 5) is 15.7. The Morgan fingerprint density at radius 2 is 1.92 bits per heavy atom. The third-order valence-corrected chi connectivity index (χ3v) is 3.20. The fourth-order valence-corrected chi connectivity index (χ4v) is 1.99. The summed E-state index contributed by atoms with van der Waals surface area (Å²) < 4.78 is 31.7. The molecule has 1 amide bonds. The van der Waals surface area contributed by atoms with E-state index in [-0.39, 0.29) is 30.3 Å². The van der Waals surface area contributed by atoms with Crippen LogP contribution in [0.2, 0.25) is 0 Å². The van der Waals surface area contributed by atoms with Crippen LogP contribution >= 0.6 is 0 Å². The van der Waals surface area contributed by atoms with Crippen LogP contribution in [0.5, 0.6) is 0 Å². The average Bonchev–Trinajstić information content (AvgIpc) is 3.03. The summed E-state index contributed by atoms with van der Waals surface area (Å²) in [5, 5.41) is 10.2. The van der Waals surface area contributed by atoms with E-state index >= 15 is 0 Å². The number of carbonyl (C=O) groups is 1.